The number of carbonyl (C=O) groups is 2. The summed E-state index contributed by atoms with van der Waals surface area (Å²) in [5, 5.41) is 7.64. The van der Waals surface area contributed by atoms with E-state index >= 15 is 0 Å². The zero-order chi connectivity index (χ0) is 21.0. The van der Waals surface area contributed by atoms with E-state index in [2.05, 4.69) is 10.4 Å². The molecule has 0 fully saturated rings. The number of carbonyl (C=O) groups excluding carboxylic acids is 2. The van der Waals surface area contributed by atoms with E-state index in [4.69, 9.17) is 16.3 Å². The van der Waals surface area contributed by atoms with Crippen molar-refractivity contribution in [3.8, 4) is 5.75 Å². The summed E-state index contributed by atoms with van der Waals surface area (Å²) < 4.78 is 6.63. The molecule has 0 atom stereocenters. The fraction of sp³-hybridized carbons (Fsp3) is 0.200. The highest BCUT2D eigenvalue weighted by Gasteiger charge is 2.16. The Kier molecular flexibility index (Phi) is 6.13. The predicted molar refractivity (Wildman–Crippen MR) is 110 cm³/mol. The lowest BCUT2D eigenvalue weighted by Crippen LogP contribution is -2.37. The lowest BCUT2D eigenvalue weighted by molar-refractivity contribution is -0.133. The number of nitrogens with zero attached hydrogens (tertiary/aromatic N) is 3. The quantitative estimate of drug-likeness (QED) is 0.667. The van der Waals surface area contributed by atoms with Gasteiger partial charge in [0.25, 0.3) is 0 Å². The maximum Gasteiger partial charge on any atom is 0.244 e. The van der Waals surface area contributed by atoms with Crippen molar-refractivity contribution in [2.24, 2.45) is 0 Å². The van der Waals surface area contributed by atoms with E-state index in [0.29, 0.717) is 27.4 Å². The van der Waals surface area contributed by atoms with Crippen LogP contribution in [-0.4, -0.2) is 47.2 Å². The molecule has 0 saturated heterocycles. The van der Waals surface area contributed by atoms with Crippen molar-refractivity contribution in [3.05, 3.63) is 63.9 Å². The number of halogens is 1. The number of para-hydroxylation sites is 1. The van der Waals surface area contributed by atoms with Crippen LogP contribution in [0.1, 0.15) is 0 Å². The number of hydrogen-bond acceptors (Lipinski definition) is 5. The Hall–Kier alpha value is -3.39. The molecule has 3 aromatic rings. The Morgan fingerprint density at radius 2 is 2.00 bits per heavy atom. The van der Waals surface area contributed by atoms with Crippen LogP contribution in [0.3, 0.4) is 0 Å². The lowest BCUT2D eigenvalue weighted by atomic mass is 10.2. The minimum absolute atomic E-state index is 0.106. The van der Waals surface area contributed by atoms with Crippen molar-refractivity contribution in [1.82, 2.24) is 14.7 Å². The van der Waals surface area contributed by atoms with Gasteiger partial charge in [0.1, 0.15) is 12.3 Å². The molecule has 150 valence electrons. The van der Waals surface area contributed by atoms with Crippen LogP contribution in [0.5, 0.6) is 5.75 Å². The third kappa shape index (κ3) is 4.72. The summed E-state index contributed by atoms with van der Waals surface area (Å²) in [4.78, 5) is 38.1. The molecule has 0 aliphatic heterocycles. The highest BCUT2D eigenvalue weighted by molar-refractivity contribution is 6.31. The first-order valence-electron chi connectivity index (χ1n) is 8.71. The summed E-state index contributed by atoms with van der Waals surface area (Å²) in [6.07, 6.45) is 1.17. The number of anilines is 1. The second-order valence-corrected chi connectivity index (χ2v) is 6.76. The van der Waals surface area contributed by atoms with Gasteiger partial charge in [-0.25, -0.2) is 0 Å². The van der Waals surface area contributed by atoms with Crippen LogP contribution in [0.2, 0.25) is 5.02 Å². The van der Waals surface area contributed by atoms with Gasteiger partial charge in [-0.15, -0.1) is 0 Å². The molecule has 0 radical (unpaired) electrons. The maximum atomic E-state index is 12.6. The minimum Gasteiger partial charge on any atom is -0.495 e. The van der Waals surface area contributed by atoms with Crippen LogP contribution >= 0.6 is 11.6 Å². The summed E-state index contributed by atoms with van der Waals surface area (Å²) in [7, 11) is 3.00. The number of methoxy groups -OCH3 is 1. The summed E-state index contributed by atoms with van der Waals surface area (Å²) >= 11 is 5.96. The number of likely N-dealkylation sites (N-methyl/N-ethyl adjacent to an activating group) is 1. The molecule has 0 aliphatic carbocycles. The Balaban J connectivity index is 1.69. The van der Waals surface area contributed by atoms with Crippen molar-refractivity contribution in [1.29, 1.82) is 0 Å². The Morgan fingerprint density at radius 3 is 2.76 bits per heavy atom. The van der Waals surface area contributed by atoms with Gasteiger partial charge in [0.05, 0.1) is 31.1 Å². The average molecular weight is 415 g/mol. The standard InChI is InChI=1S/C20H19ClN4O4/c1-24(11-19(27)23-15-9-13(21)7-8-18(15)29-2)20(28)12-25-16-6-4-3-5-14(16)17(26)10-22-25/h3-10H,11-12H2,1-2H3,(H,23,27). The van der Waals surface area contributed by atoms with Gasteiger partial charge in [-0.3, -0.25) is 19.1 Å². The molecule has 1 heterocycles. The summed E-state index contributed by atoms with van der Waals surface area (Å²) in [6.45, 7) is -0.280. The molecular formula is C20H19ClN4O4. The smallest absolute Gasteiger partial charge is 0.244 e. The fourth-order valence-corrected chi connectivity index (χ4v) is 2.98. The molecule has 9 heteroatoms. The van der Waals surface area contributed by atoms with Gasteiger partial charge >= 0.3 is 0 Å². The van der Waals surface area contributed by atoms with Crippen LogP contribution in [-0.2, 0) is 16.1 Å². The molecule has 0 aliphatic rings. The van der Waals surface area contributed by atoms with Crippen LogP contribution in [0, 0.1) is 0 Å². The Labute approximate surface area is 171 Å². The molecule has 2 amide bonds. The number of ether oxygens (including phenoxy) is 1. The minimum atomic E-state index is -0.404. The van der Waals surface area contributed by atoms with Crippen molar-refractivity contribution < 1.29 is 14.3 Å². The molecule has 2 aromatic carbocycles. The van der Waals surface area contributed by atoms with E-state index in [1.807, 2.05) is 0 Å². The Bertz CT molecular complexity index is 1130. The van der Waals surface area contributed by atoms with E-state index in [-0.39, 0.29) is 24.4 Å². The highest BCUT2D eigenvalue weighted by atomic mass is 35.5. The molecule has 0 bridgehead atoms. The van der Waals surface area contributed by atoms with Crippen molar-refractivity contribution >= 4 is 40.0 Å². The number of benzene rings is 2. The van der Waals surface area contributed by atoms with Crippen molar-refractivity contribution in [3.63, 3.8) is 0 Å². The van der Waals surface area contributed by atoms with Crippen LogP contribution < -0.4 is 15.5 Å². The first-order valence-corrected chi connectivity index (χ1v) is 9.09. The molecule has 3 rings (SSSR count). The van der Waals surface area contributed by atoms with Crippen LogP contribution in [0.4, 0.5) is 5.69 Å². The summed E-state index contributed by atoms with van der Waals surface area (Å²) in [5.41, 5.74) is 0.751. The van der Waals surface area contributed by atoms with Gasteiger partial charge in [-0.05, 0) is 30.3 Å². The second kappa shape index (κ2) is 8.74. The molecule has 0 unspecified atom stereocenters. The number of fused-ring (bicyclic) bond motifs is 1. The zero-order valence-electron chi connectivity index (χ0n) is 15.9. The van der Waals surface area contributed by atoms with Gasteiger partial charge in [0, 0.05) is 17.5 Å². The molecule has 0 spiro atoms. The second-order valence-electron chi connectivity index (χ2n) is 6.33. The highest BCUT2D eigenvalue weighted by Crippen LogP contribution is 2.27. The van der Waals surface area contributed by atoms with E-state index in [1.54, 1.807) is 42.5 Å². The van der Waals surface area contributed by atoms with Gasteiger partial charge < -0.3 is 15.0 Å². The van der Waals surface area contributed by atoms with Crippen molar-refractivity contribution in [2.75, 3.05) is 26.0 Å². The zero-order valence-corrected chi connectivity index (χ0v) is 16.6. The van der Waals surface area contributed by atoms with E-state index in [1.165, 1.54) is 29.9 Å². The normalized spacial score (nSPS) is 10.6. The maximum absolute atomic E-state index is 12.6. The molecule has 8 nitrogen and oxygen atoms in total. The Morgan fingerprint density at radius 1 is 1.24 bits per heavy atom. The number of rotatable bonds is 6. The molecular weight excluding hydrogens is 396 g/mol. The number of nitrogens with one attached hydrogen (secondary N) is 1. The third-order valence-electron chi connectivity index (χ3n) is 4.29. The van der Waals surface area contributed by atoms with Gasteiger partial charge in [-0.2, -0.15) is 5.10 Å². The SMILES string of the molecule is COc1ccc(Cl)cc1NC(=O)CN(C)C(=O)Cn1ncc(=O)c2ccccc21. The first kappa shape index (κ1) is 20.3. The third-order valence-corrected chi connectivity index (χ3v) is 4.52. The van der Waals surface area contributed by atoms with Crippen LogP contribution in [0.25, 0.3) is 10.9 Å². The molecule has 29 heavy (non-hydrogen) atoms. The van der Waals surface area contributed by atoms with Crippen molar-refractivity contribution in [2.45, 2.75) is 6.54 Å². The average Bonchev–Trinajstić information content (AvgIpc) is 2.70. The summed E-state index contributed by atoms with van der Waals surface area (Å²) in [6, 6.07) is 11.8. The molecule has 1 N–H and O–H groups in total. The van der Waals surface area contributed by atoms with Gasteiger partial charge in [0.2, 0.25) is 17.2 Å². The van der Waals surface area contributed by atoms with Gasteiger partial charge in [-0.1, -0.05) is 23.7 Å². The summed E-state index contributed by atoms with van der Waals surface area (Å²) in [5.74, 6) is -0.278. The number of hydrogen-bond donors (Lipinski definition) is 1. The van der Waals surface area contributed by atoms with Gasteiger partial charge in [0.15, 0.2) is 0 Å². The van der Waals surface area contributed by atoms with E-state index in [0.717, 1.165) is 0 Å². The topological polar surface area (TPSA) is 93.5 Å². The van der Waals surface area contributed by atoms with E-state index in [9.17, 15) is 14.4 Å². The number of aromatic nitrogens is 2. The number of amides is 2. The van der Waals surface area contributed by atoms with E-state index < -0.39 is 5.91 Å². The lowest BCUT2D eigenvalue weighted by Gasteiger charge is -2.18. The largest absolute Gasteiger partial charge is 0.495 e. The molecule has 0 saturated carbocycles. The first-order chi connectivity index (χ1) is 13.9. The fourth-order valence-electron chi connectivity index (χ4n) is 2.81. The molecule has 1 aromatic heterocycles. The predicted octanol–water partition coefficient (Wildman–Crippen LogP) is 2.16. The van der Waals surface area contributed by atoms with Crippen LogP contribution in [0.15, 0.2) is 53.5 Å². The monoisotopic (exact) mass is 414 g/mol.